The minimum Gasteiger partial charge on any atom is -0.493 e. The molecule has 3 aromatic rings. The number of aliphatic hydroxyl groups excluding tert-OH is 1. The molecule has 0 atom stereocenters. The zero-order valence-electron chi connectivity index (χ0n) is 32.2. The summed E-state index contributed by atoms with van der Waals surface area (Å²) >= 11 is 0. The van der Waals surface area contributed by atoms with Gasteiger partial charge < -0.3 is 19.3 Å². The first-order chi connectivity index (χ1) is 24.9. The number of carbonyl (C=O) groups excluding carboxylic acids is 2. The highest BCUT2D eigenvalue weighted by Crippen LogP contribution is 2.45. The van der Waals surface area contributed by atoms with Crippen molar-refractivity contribution in [3.8, 4) is 28.0 Å². The summed E-state index contributed by atoms with van der Waals surface area (Å²) in [5.41, 5.74) is 8.53. The van der Waals surface area contributed by atoms with E-state index >= 15 is 0 Å². The van der Waals surface area contributed by atoms with Crippen LogP contribution in [0.5, 0.6) is 5.75 Å². The summed E-state index contributed by atoms with van der Waals surface area (Å²) in [6.07, 6.45) is 10.3. The first kappa shape index (κ1) is 40.8. The maximum absolute atomic E-state index is 12.4. The van der Waals surface area contributed by atoms with E-state index in [0.29, 0.717) is 47.0 Å². The van der Waals surface area contributed by atoms with Gasteiger partial charge in [0.25, 0.3) is 0 Å². The number of hydrogen-bond donors (Lipinski definition) is 1. The third kappa shape index (κ3) is 11.5. The van der Waals surface area contributed by atoms with Crippen molar-refractivity contribution in [1.29, 1.82) is 0 Å². The van der Waals surface area contributed by atoms with E-state index in [4.69, 9.17) is 14.2 Å². The molecule has 0 saturated heterocycles. The van der Waals surface area contributed by atoms with E-state index in [1.165, 1.54) is 55.7 Å². The van der Waals surface area contributed by atoms with Gasteiger partial charge in [0.05, 0.1) is 14.7 Å². The zero-order valence-corrected chi connectivity index (χ0v) is 33.2. The molecule has 1 fully saturated rings. The highest BCUT2D eigenvalue weighted by molar-refractivity contribution is 6.78. The fourth-order valence-corrected chi connectivity index (χ4v) is 10.8. The minimum atomic E-state index is -1.14. The van der Waals surface area contributed by atoms with E-state index in [9.17, 15) is 14.7 Å². The molecule has 52 heavy (non-hydrogen) atoms. The minimum absolute atomic E-state index is 0.0302. The highest BCUT2D eigenvalue weighted by atomic mass is 28.3. The Morgan fingerprint density at radius 1 is 0.731 bits per heavy atom. The van der Waals surface area contributed by atoms with Gasteiger partial charge in [0.1, 0.15) is 19.0 Å². The van der Waals surface area contributed by atoms with Crippen molar-refractivity contribution in [3.05, 3.63) is 102 Å². The Hall–Kier alpha value is -3.94. The molecule has 0 radical (unpaired) electrons. The third-order valence-corrected chi connectivity index (χ3v) is 15.1. The van der Waals surface area contributed by atoms with Gasteiger partial charge in [-0.1, -0.05) is 113 Å². The molecule has 280 valence electrons. The van der Waals surface area contributed by atoms with Crippen LogP contribution < -0.4 is 4.74 Å². The summed E-state index contributed by atoms with van der Waals surface area (Å²) in [6, 6.07) is 23.0. The fraction of sp³-hybridized carbons (Fsp3) is 0.467. The lowest BCUT2D eigenvalue weighted by Crippen LogP contribution is -2.34. The molecular weight excluding hydrogens is 665 g/mol. The van der Waals surface area contributed by atoms with Crippen molar-refractivity contribution in [2.24, 2.45) is 0 Å². The summed E-state index contributed by atoms with van der Waals surface area (Å²) in [6.45, 7) is 18.6. The largest absolute Gasteiger partial charge is 0.493 e. The van der Waals surface area contributed by atoms with E-state index < -0.39 is 20.0 Å². The van der Waals surface area contributed by atoms with Crippen LogP contribution in [-0.2, 0) is 32.3 Å². The average Bonchev–Trinajstić information content (AvgIpc) is 3.15. The highest BCUT2D eigenvalue weighted by Gasteiger charge is 2.34. The van der Waals surface area contributed by atoms with Crippen molar-refractivity contribution in [2.75, 3.05) is 13.2 Å². The average molecular weight is 725 g/mol. The van der Waals surface area contributed by atoms with Crippen LogP contribution >= 0.6 is 0 Å². The molecule has 6 nitrogen and oxygen atoms in total. The van der Waals surface area contributed by atoms with E-state index in [1.807, 2.05) is 12.1 Å². The Kier molecular flexibility index (Phi) is 15.5. The quantitative estimate of drug-likeness (QED) is 0.0574. The summed E-state index contributed by atoms with van der Waals surface area (Å²) < 4.78 is 17.4. The van der Waals surface area contributed by atoms with E-state index in [-0.39, 0.29) is 19.8 Å². The Morgan fingerprint density at radius 2 is 1.23 bits per heavy atom. The Balaban J connectivity index is 1.55. The molecular formula is C45H60O6Si. The molecule has 0 spiro atoms. The van der Waals surface area contributed by atoms with Gasteiger partial charge in [0.15, 0.2) is 0 Å². The van der Waals surface area contributed by atoms with Gasteiger partial charge in [-0.05, 0) is 97.4 Å². The van der Waals surface area contributed by atoms with Crippen LogP contribution in [-0.4, -0.2) is 38.3 Å². The fourth-order valence-electron chi connectivity index (χ4n) is 7.27. The first-order valence-electron chi connectivity index (χ1n) is 19.2. The Labute approximate surface area is 313 Å². The van der Waals surface area contributed by atoms with Gasteiger partial charge in [0, 0.05) is 28.9 Å². The van der Waals surface area contributed by atoms with Gasteiger partial charge >= 0.3 is 11.9 Å². The molecule has 0 bridgehead atoms. The smallest absolute Gasteiger partial charge is 0.333 e. The lowest BCUT2D eigenvalue weighted by molar-refractivity contribution is -0.140. The third-order valence-electron chi connectivity index (χ3n) is 10.6. The number of aliphatic hydroxyl groups is 1. The van der Waals surface area contributed by atoms with E-state index in [0.717, 1.165) is 35.1 Å². The molecule has 0 aromatic heterocycles. The van der Waals surface area contributed by atoms with Crippen LogP contribution in [0.1, 0.15) is 101 Å². The lowest BCUT2D eigenvalue weighted by atomic mass is 9.83. The summed E-state index contributed by atoms with van der Waals surface area (Å²) in [4.78, 5) is 24.8. The SMILES string of the molecule is C=C(C)C(=O)OCc1cc(-c2ccc(-c3ccc(C4CCC([Si](C)(C)CCCC)CC4)cc3)cc2)cc(COC(=O)C(=C)C)c1OCCCCCO. The van der Waals surface area contributed by atoms with Crippen LogP contribution in [0.2, 0.25) is 24.7 Å². The van der Waals surface area contributed by atoms with Crippen LogP contribution in [0.3, 0.4) is 0 Å². The molecule has 3 aromatic carbocycles. The van der Waals surface area contributed by atoms with Crippen LogP contribution in [0.4, 0.5) is 0 Å². The number of rotatable bonds is 19. The summed E-state index contributed by atoms with van der Waals surface area (Å²) in [5, 5.41) is 9.18. The van der Waals surface area contributed by atoms with Gasteiger partial charge in [-0.2, -0.15) is 0 Å². The van der Waals surface area contributed by atoms with Gasteiger partial charge in [-0.15, -0.1) is 0 Å². The summed E-state index contributed by atoms with van der Waals surface area (Å²) in [5.74, 6) is 0.185. The van der Waals surface area contributed by atoms with Crippen LogP contribution in [0, 0.1) is 0 Å². The monoisotopic (exact) mass is 724 g/mol. The molecule has 1 N–H and O–H groups in total. The number of unbranched alkanes of at least 4 members (excludes halogenated alkanes) is 3. The van der Waals surface area contributed by atoms with Gasteiger partial charge in [0.2, 0.25) is 0 Å². The van der Waals surface area contributed by atoms with Crippen molar-refractivity contribution < 1.29 is 28.9 Å². The predicted octanol–water partition coefficient (Wildman–Crippen LogP) is 11.3. The van der Waals surface area contributed by atoms with Crippen molar-refractivity contribution >= 4 is 20.0 Å². The van der Waals surface area contributed by atoms with Gasteiger partial charge in [-0.25, -0.2) is 9.59 Å². The van der Waals surface area contributed by atoms with Crippen molar-refractivity contribution in [3.63, 3.8) is 0 Å². The first-order valence-corrected chi connectivity index (χ1v) is 22.5. The summed E-state index contributed by atoms with van der Waals surface area (Å²) in [7, 11) is -1.14. The molecule has 1 saturated carbocycles. The molecule has 0 heterocycles. The number of benzene rings is 3. The molecule has 0 unspecified atom stereocenters. The maximum atomic E-state index is 12.4. The molecule has 4 rings (SSSR count). The number of carbonyl (C=O) groups is 2. The topological polar surface area (TPSA) is 82.1 Å². The normalized spacial score (nSPS) is 15.9. The molecule has 0 aliphatic heterocycles. The number of esters is 2. The Bertz CT molecular complexity index is 1600. The molecule has 0 amide bonds. The molecule has 7 heteroatoms. The predicted molar refractivity (Wildman–Crippen MR) is 215 cm³/mol. The van der Waals surface area contributed by atoms with Crippen LogP contribution in [0.25, 0.3) is 22.3 Å². The zero-order chi connectivity index (χ0) is 37.7. The van der Waals surface area contributed by atoms with Gasteiger partial charge in [-0.3, -0.25) is 0 Å². The standard InChI is InChI=1S/C45H60O6Si/c1-8-9-27-52(6,7)42-23-21-37(22-24-42)36-15-13-34(14-16-36)35-17-19-38(20-18-35)39-28-40(30-50-44(47)32(2)3)43(49-26-12-10-11-25-46)41(29-39)31-51-45(48)33(4)5/h13-20,28-29,37,42,46H,2,4,8-12,21-27,30-31H2,1,3,5-7H3. The van der Waals surface area contributed by atoms with Crippen molar-refractivity contribution in [1.82, 2.24) is 0 Å². The molecule has 1 aliphatic rings. The second kappa shape index (κ2) is 19.8. The maximum Gasteiger partial charge on any atom is 0.333 e. The van der Waals surface area contributed by atoms with Crippen molar-refractivity contribution in [2.45, 2.75) is 122 Å². The van der Waals surface area contributed by atoms with E-state index in [1.54, 1.807) is 13.8 Å². The molecule has 1 aliphatic carbocycles. The number of hydrogen-bond acceptors (Lipinski definition) is 6. The second-order valence-electron chi connectivity index (χ2n) is 15.3. The lowest BCUT2D eigenvalue weighted by Gasteiger charge is -2.38. The van der Waals surface area contributed by atoms with Crippen LogP contribution in [0.15, 0.2) is 85.0 Å². The Morgan fingerprint density at radius 3 is 1.71 bits per heavy atom. The van der Waals surface area contributed by atoms with E-state index in [2.05, 4.69) is 81.7 Å². The number of ether oxygens (including phenoxy) is 3. The second-order valence-corrected chi connectivity index (χ2v) is 20.6.